The second kappa shape index (κ2) is 17.2. The Labute approximate surface area is 243 Å². The van der Waals surface area contributed by atoms with Gasteiger partial charge in [0, 0.05) is 13.1 Å². The molecule has 2 atom stereocenters. The lowest BCUT2D eigenvalue weighted by atomic mass is 9.93. The zero-order valence-electron chi connectivity index (χ0n) is 25.6. The minimum Gasteiger partial charge on any atom is -0.466 e. The standard InChI is InChI=1S/C30H48N4O7/c1-8-10-11-12-18-34(28(38)22(19-23(31)35)33-29(39)41-30(5,6)7)26(25-20(3)14-13-15-21(25)4)27(37)32-17-16-24(36)40-9-2/h13-15,22,26H,8-12,16-19H2,1-7H3,(H2,31,35)(H,32,37)(H,33,39). The molecule has 0 aromatic heterocycles. The number of rotatable bonds is 16. The molecule has 1 aromatic rings. The Morgan fingerprint density at radius 2 is 1.63 bits per heavy atom. The second-order valence-corrected chi connectivity index (χ2v) is 11.0. The van der Waals surface area contributed by atoms with Gasteiger partial charge in [0.05, 0.1) is 19.4 Å². The Bertz CT molecular complexity index is 1030. The van der Waals surface area contributed by atoms with Gasteiger partial charge in [0.1, 0.15) is 17.7 Å². The first kappa shape index (κ1) is 35.4. The van der Waals surface area contributed by atoms with Crippen LogP contribution in [0.25, 0.3) is 0 Å². The molecule has 11 nitrogen and oxygen atoms in total. The summed E-state index contributed by atoms with van der Waals surface area (Å²) in [7, 11) is 0. The average Bonchev–Trinajstić information content (AvgIpc) is 2.85. The zero-order valence-corrected chi connectivity index (χ0v) is 25.6. The molecule has 0 aliphatic carbocycles. The maximum atomic E-state index is 14.1. The van der Waals surface area contributed by atoms with Crippen molar-refractivity contribution in [3.8, 4) is 0 Å². The van der Waals surface area contributed by atoms with Crippen LogP contribution in [-0.2, 0) is 28.7 Å². The molecule has 1 rings (SSSR count). The average molecular weight is 577 g/mol. The van der Waals surface area contributed by atoms with Crippen LogP contribution >= 0.6 is 0 Å². The summed E-state index contributed by atoms with van der Waals surface area (Å²) in [5, 5.41) is 5.26. The Morgan fingerprint density at radius 1 is 1.00 bits per heavy atom. The molecule has 11 heteroatoms. The molecule has 0 saturated carbocycles. The van der Waals surface area contributed by atoms with Gasteiger partial charge in [-0.25, -0.2) is 4.79 Å². The van der Waals surface area contributed by atoms with E-state index in [1.807, 2.05) is 32.0 Å². The number of amides is 4. The number of unbranched alkanes of at least 4 members (excludes halogenated alkanes) is 3. The summed E-state index contributed by atoms with van der Waals surface area (Å²) in [6, 6.07) is 3.11. The Hall–Kier alpha value is -3.63. The van der Waals surface area contributed by atoms with Crippen LogP contribution < -0.4 is 16.4 Å². The highest BCUT2D eigenvalue weighted by atomic mass is 16.6. The van der Waals surface area contributed by atoms with E-state index in [0.717, 1.165) is 30.4 Å². The molecular formula is C30H48N4O7. The van der Waals surface area contributed by atoms with Crippen LogP contribution in [0.15, 0.2) is 18.2 Å². The number of hydrogen-bond acceptors (Lipinski definition) is 7. The first-order valence-electron chi connectivity index (χ1n) is 14.3. The van der Waals surface area contributed by atoms with E-state index in [1.165, 1.54) is 4.90 Å². The number of carbonyl (C=O) groups excluding carboxylic acids is 5. The summed E-state index contributed by atoms with van der Waals surface area (Å²) in [6.45, 7) is 12.9. The molecule has 0 spiro atoms. The second-order valence-electron chi connectivity index (χ2n) is 11.0. The first-order valence-corrected chi connectivity index (χ1v) is 14.3. The van der Waals surface area contributed by atoms with Crippen molar-refractivity contribution in [2.75, 3.05) is 19.7 Å². The molecule has 1 aromatic carbocycles. The predicted octanol–water partition coefficient (Wildman–Crippen LogP) is 3.59. The summed E-state index contributed by atoms with van der Waals surface area (Å²) >= 11 is 0. The van der Waals surface area contributed by atoms with Crippen molar-refractivity contribution in [2.24, 2.45) is 5.73 Å². The first-order chi connectivity index (χ1) is 19.2. The van der Waals surface area contributed by atoms with Gasteiger partial charge in [-0.3, -0.25) is 19.2 Å². The molecule has 41 heavy (non-hydrogen) atoms. The van der Waals surface area contributed by atoms with Crippen LogP contribution in [0.1, 0.15) is 95.9 Å². The van der Waals surface area contributed by atoms with Crippen molar-refractivity contribution in [3.63, 3.8) is 0 Å². The van der Waals surface area contributed by atoms with Gasteiger partial charge in [-0.15, -0.1) is 0 Å². The van der Waals surface area contributed by atoms with Gasteiger partial charge in [-0.1, -0.05) is 44.4 Å². The number of nitrogens with two attached hydrogens (primary N) is 1. The molecule has 230 valence electrons. The van der Waals surface area contributed by atoms with Crippen LogP contribution in [-0.4, -0.2) is 66.0 Å². The third-order valence-electron chi connectivity index (χ3n) is 6.24. The summed E-state index contributed by atoms with van der Waals surface area (Å²) in [4.78, 5) is 65.9. The molecule has 0 aliphatic heterocycles. The fraction of sp³-hybridized carbons (Fsp3) is 0.633. The number of hydrogen-bond donors (Lipinski definition) is 3. The largest absolute Gasteiger partial charge is 0.466 e. The molecule has 0 heterocycles. The van der Waals surface area contributed by atoms with E-state index in [1.54, 1.807) is 27.7 Å². The number of alkyl carbamates (subject to hydrolysis) is 1. The predicted molar refractivity (Wildman–Crippen MR) is 156 cm³/mol. The van der Waals surface area contributed by atoms with E-state index in [4.69, 9.17) is 15.2 Å². The highest BCUT2D eigenvalue weighted by Gasteiger charge is 2.38. The number of nitrogens with one attached hydrogen (secondary N) is 2. The lowest BCUT2D eigenvalue weighted by Gasteiger charge is -2.35. The van der Waals surface area contributed by atoms with Gasteiger partial charge in [-0.2, -0.15) is 0 Å². The lowest BCUT2D eigenvalue weighted by molar-refractivity contribution is -0.144. The van der Waals surface area contributed by atoms with Crippen LogP contribution in [0.2, 0.25) is 0 Å². The van der Waals surface area contributed by atoms with Crippen molar-refractivity contribution < 1.29 is 33.4 Å². The van der Waals surface area contributed by atoms with Gasteiger partial charge in [0.15, 0.2) is 0 Å². The third-order valence-corrected chi connectivity index (χ3v) is 6.24. The van der Waals surface area contributed by atoms with Crippen LogP contribution in [0.4, 0.5) is 4.79 Å². The van der Waals surface area contributed by atoms with E-state index >= 15 is 0 Å². The summed E-state index contributed by atoms with van der Waals surface area (Å²) in [5.41, 5.74) is 6.82. The Balaban J connectivity index is 3.55. The van der Waals surface area contributed by atoms with Gasteiger partial charge in [0.2, 0.25) is 17.7 Å². The van der Waals surface area contributed by atoms with Crippen molar-refractivity contribution >= 4 is 29.8 Å². The Kier molecular flexibility index (Phi) is 14.9. The topological polar surface area (TPSA) is 157 Å². The van der Waals surface area contributed by atoms with Gasteiger partial charge < -0.3 is 30.7 Å². The molecule has 0 fully saturated rings. The fourth-order valence-corrected chi connectivity index (χ4v) is 4.43. The normalized spacial score (nSPS) is 12.6. The number of nitrogens with zero attached hydrogens (tertiary/aromatic N) is 1. The lowest BCUT2D eigenvalue weighted by Crippen LogP contribution is -2.54. The summed E-state index contributed by atoms with van der Waals surface area (Å²) in [5.74, 6) is -2.38. The quantitative estimate of drug-likeness (QED) is 0.200. The molecule has 0 radical (unpaired) electrons. The minimum absolute atomic E-state index is 0.0117. The molecular weight excluding hydrogens is 528 g/mol. The van der Waals surface area contributed by atoms with Gasteiger partial charge in [0.25, 0.3) is 0 Å². The number of aryl methyl sites for hydroxylation is 2. The van der Waals surface area contributed by atoms with Crippen molar-refractivity contribution in [2.45, 2.75) is 105 Å². The maximum Gasteiger partial charge on any atom is 0.408 e. The van der Waals surface area contributed by atoms with Crippen LogP contribution in [0.3, 0.4) is 0 Å². The number of primary amides is 1. The van der Waals surface area contributed by atoms with E-state index in [2.05, 4.69) is 17.6 Å². The summed E-state index contributed by atoms with van der Waals surface area (Å²) in [6.07, 6.45) is 1.90. The minimum atomic E-state index is -1.35. The van der Waals surface area contributed by atoms with Gasteiger partial charge >= 0.3 is 12.1 Å². The molecule has 0 aliphatic rings. The number of ether oxygens (including phenoxy) is 2. The van der Waals surface area contributed by atoms with E-state index in [-0.39, 0.29) is 26.1 Å². The monoisotopic (exact) mass is 576 g/mol. The van der Waals surface area contributed by atoms with E-state index in [0.29, 0.717) is 12.0 Å². The molecule has 4 amide bonds. The number of benzene rings is 1. The van der Waals surface area contributed by atoms with Crippen molar-refractivity contribution in [1.29, 1.82) is 0 Å². The number of esters is 1. The van der Waals surface area contributed by atoms with Crippen LogP contribution in [0, 0.1) is 13.8 Å². The van der Waals surface area contributed by atoms with Crippen LogP contribution in [0.5, 0.6) is 0 Å². The fourth-order valence-electron chi connectivity index (χ4n) is 4.43. The van der Waals surface area contributed by atoms with E-state index < -0.39 is 53.9 Å². The highest BCUT2D eigenvalue weighted by Crippen LogP contribution is 2.29. The SMILES string of the molecule is CCCCCCN(C(=O)C(CC(N)=O)NC(=O)OC(C)(C)C)C(C(=O)NCCC(=O)OCC)c1c(C)cccc1C. The third kappa shape index (κ3) is 12.6. The van der Waals surface area contributed by atoms with E-state index in [9.17, 15) is 24.0 Å². The van der Waals surface area contributed by atoms with Gasteiger partial charge in [-0.05, 0) is 64.7 Å². The molecule has 4 N–H and O–H groups in total. The van der Waals surface area contributed by atoms with Crippen molar-refractivity contribution in [3.05, 3.63) is 34.9 Å². The van der Waals surface area contributed by atoms with Crippen molar-refractivity contribution in [1.82, 2.24) is 15.5 Å². The Morgan fingerprint density at radius 3 is 2.17 bits per heavy atom. The number of carbonyl (C=O) groups is 5. The molecule has 0 saturated heterocycles. The maximum absolute atomic E-state index is 14.1. The molecule has 0 bridgehead atoms. The summed E-state index contributed by atoms with van der Waals surface area (Å²) < 4.78 is 10.3. The molecule has 2 unspecified atom stereocenters. The smallest absolute Gasteiger partial charge is 0.408 e. The zero-order chi connectivity index (χ0) is 31.2. The highest BCUT2D eigenvalue weighted by molar-refractivity contribution is 5.95.